The van der Waals surface area contributed by atoms with Gasteiger partial charge in [-0.25, -0.2) is 4.98 Å². The topological polar surface area (TPSA) is 85.2 Å². The van der Waals surface area contributed by atoms with E-state index in [1.807, 2.05) is 0 Å². The summed E-state index contributed by atoms with van der Waals surface area (Å²) in [6, 6.07) is 3.72. The average Bonchev–Trinajstić information content (AvgIpc) is 2.65. The summed E-state index contributed by atoms with van der Waals surface area (Å²) in [5, 5.41) is 0. The van der Waals surface area contributed by atoms with Crippen molar-refractivity contribution in [1.29, 1.82) is 0 Å². The van der Waals surface area contributed by atoms with Crippen LogP contribution in [0.2, 0.25) is 0 Å². The molecular formula is C10H14N4O. The summed E-state index contributed by atoms with van der Waals surface area (Å²) in [5.41, 5.74) is 11.4. The second-order valence-corrected chi connectivity index (χ2v) is 3.76. The van der Waals surface area contributed by atoms with Gasteiger partial charge in [0.15, 0.2) is 0 Å². The van der Waals surface area contributed by atoms with Crippen molar-refractivity contribution in [2.45, 2.75) is 12.5 Å². The number of primary amides is 1. The molecule has 0 aromatic carbocycles. The van der Waals surface area contributed by atoms with Gasteiger partial charge in [0.25, 0.3) is 0 Å². The lowest BCUT2D eigenvalue weighted by molar-refractivity contribution is 0.1000. The third-order valence-electron chi connectivity index (χ3n) is 2.58. The molecule has 5 nitrogen and oxygen atoms in total. The molecule has 4 N–H and O–H groups in total. The lowest BCUT2D eigenvalue weighted by Gasteiger charge is -2.16. The highest BCUT2D eigenvalue weighted by atomic mass is 16.1. The number of nitrogens with zero attached hydrogens (tertiary/aromatic N) is 2. The number of anilines is 1. The van der Waals surface area contributed by atoms with Gasteiger partial charge >= 0.3 is 0 Å². The van der Waals surface area contributed by atoms with Crippen LogP contribution < -0.4 is 16.4 Å². The number of hydrogen-bond donors (Lipinski definition) is 2. The molecular weight excluding hydrogens is 192 g/mol. The number of amides is 1. The van der Waals surface area contributed by atoms with Crippen LogP contribution >= 0.6 is 0 Å². The van der Waals surface area contributed by atoms with Crippen molar-refractivity contribution in [3.05, 3.63) is 23.9 Å². The van der Waals surface area contributed by atoms with Crippen LogP contribution in [-0.2, 0) is 0 Å². The van der Waals surface area contributed by atoms with Crippen molar-refractivity contribution >= 4 is 11.7 Å². The predicted octanol–water partition coefficient (Wildman–Crippen LogP) is -0.282. The van der Waals surface area contributed by atoms with Crippen LogP contribution in [-0.4, -0.2) is 30.0 Å². The van der Waals surface area contributed by atoms with Crippen molar-refractivity contribution in [1.82, 2.24) is 4.98 Å². The summed E-state index contributed by atoms with van der Waals surface area (Å²) in [7, 11) is 0. The van der Waals surface area contributed by atoms with Crippen LogP contribution in [0.15, 0.2) is 18.3 Å². The number of carbonyl (C=O) groups excluding carboxylic acids is 1. The highest BCUT2D eigenvalue weighted by Gasteiger charge is 2.20. The standard InChI is InChI=1S/C10H14N4O/c11-8-3-4-14(6-8)9-2-1-7(5-13-9)10(12)15/h1-2,5,8H,3-4,6,11H2,(H2,12,15)/t8-/m0/s1. The van der Waals surface area contributed by atoms with Gasteiger partial charge in [-0.15, -0.1) is 0 Å². The smallest absolute Gasteiger partial charge is 0.250 e. The average molecular weight is 206 g/mol. The summed E-state index contributed by atoms with van der Waals surface area (Å²) in [6.07, 6.45) is 2.49. The first-order valence-electron chi connectivity index (χ1n) is 4.93. The number of rotatable bonds is 2. The molecule has 0 unspecified atom stereocenters. The molecule has 1 aliphatic heterocycles. The highest BCUT2D eigenvalue weighted by molar-refractivity contribution is 5.92. The van der Waals surface area contributed by atoms with Gasteiger partial charge in [-0.1, -0.05) is 0 Å². The van der Waals surface area contributed by atoms with Crippen LogP contribution in [0.1, 0.15) is 16.8 Å². The fourth-order valence-corrected chi connectivity index (χ4v) is 1.71. The molecule has 0 spiro atoms. The fourth-order valence-electron chi connectivity index (χ4n) is 1.71. The first kappa shape index (κ1) is 9.92. The van der Waals surface area contributed by atoms with Gasteiger partial charge in [-0.2, -0.15) is 0 Å². The van der Waals surface area contributed by atoms with E-state index in [1.165, 1.54) is 6.20 Å². The second kappa shape index (κ2) is 3.86. The van der Waals surface area contributed by atoms with E-state index in [0.29, 0.717) is 5.56 Å². The lowest BCUT2D eigenvalue weighted by atomic mass is 10.2. The number of nitrogens with two attached hydrogens (primary N) is 2. The van der Waals surface area contributed by atoms with Crippen molar-refractivity contribution in [2.24, 2.45) is 11.5 Å². The van der Waals surface area contributed by atoms with Crippen LogP contribution in [0.3, 0.4) is 0 Å². The molecule has 1 aromatic heterocycles. The van der Waals surface area contributed by atoms with E-state index in [0.717, 1.165) is 25.3 Å². The van der Waals surface area contributed by atoms with Crippen LogP contribution in [0, 0.1) is 0 Å². The molecule has 15 heavy (non-hydrogen) atoms. The third-order valence-corrected chi connectivity index (χ3v) is 2.58. The minimum Gasteiger partial charge on any atom is -0.366 e. The number of hydrogen-bond acceptors (Lipinski definition) is 4. The molecule has 0 bridgehead atoms. The normalized spacial score (nSPS) is 20.6. The van der Waals surface area contributed by atoms with Gasteiger partial charge in [0.2, 0.25) is 5.91 Å². The zero-order valence-electron chi connectivity index (χ0n) is 8.39. The van der Waals surface area contributed by atoms with Crippen LogP contribution in [0.4, 0.5) is 5.82 Å². The Balaban J connectivity index is 2.13. The molecule has 0 aliphatic carbocycles. The SMILES string of the molecule is NC(=O)c1ccc(N2CC[C@H](N)C2)nc1. The van der Waals surface area contributed by atoms with E-state index in [4.69, 9.17) is 11.5 Å². The Hall–Kier alpha value is -1.62. The summed E-state index contributed by atoms with van der Waals surface area (Å²) in [5.74, 6) is 0.403. The van der Waals surface area contributed by atoms with E-state index < -0.39 is 5.91 Å². The Morgan fingerprint density at radius 3 is 2.80 bits per heavy atom. The van der Waals surface area contributed by atoms with E-state index in [9.17, 15) is 4.79 Å². The summed E-state index contributed by atoms with van der Waals surface area (Å²) >= 11 is 0. The predicted molar refractivity (Wildman–Crippen MR) is 57.6 cm³/mol. The Morgan fingerprint density at radius 1 is 1.53 bits per heavy atom. The monoisotopic (exact) mass is 206 g/mol. The van der Waals surface area contributed by atoms with E-state index >= 15 is 0 Å². The van der Waals surface area contributed by atoms with Crippen molar-refractivity contribution < 1.29 is 4.79 Å². The van der Waals surface area contributed by atoms with E-state index in [1.54, 1.807) is 12.1 Å². The zero-order chi connectivity index (χ0) is 10.8. The van der Waals surface area contributed by atoms with E-state index in [2.05, 4.69) is 9.88 Å². The second-order valence-electron chi connectivity index (χ2n) is 3.76. The van der Waals surface area contributed by atoms with Crippen molar-refractivity contribution in [2.75, 3.05) is 18.0 Å². The van der Waals surface area contributed by atoms with Gasteiger partial charge < -0.3 is 16.4 Å². The maximum atomic E-state index is 10.8. The van der Waals surface area contributed by atoms with Crippen LogP contribution in [0.5, 0.6) is 0 Å². The lowest BCUT2D eigenvalue weighted by Crippen LogP contribution is -2.26. The quantitative estimate of drug-likeness (QED) is 0.696. The Labute approximate surface area is 88.1 Å². The number of aromatic nitrogens is 1. The summed E-state index contributed by atoms with van der Waals surface area (Å²) in [4.78, 5) is 17.1. The molecule has 0 radical (unpaired) electrons. The first-order valence-corrected chi connectivity index (χ1v) is 4.93. The zero-order valence-corrected chi connectivity index (χ0v) is 8.39. The molecule has 80 valence electrons. The molecule has 1 aliphatic rings. The van der Waals surface area contributed by atoms with Crippen molar-refractivity contribution in [3.63, 3.8) is 0 Å². The Kier molecular flexibility index (Phi) is 2.55. The molecule has 2 heterocycles. The van der Waals surface area contributed by atoms with Gasteiger partial charge in [0.05, 0.1) is 5.56 Å². The minimum absolute atomic E-state index is 0.225. The molecule has 1 amide bonds. The fraction of sp³-hybridized carbons (Fsp3) is 0.400. The first-order chi connectivity index (χ1) is 7.16. The molecule has 5 heteroatoms. The van der Waals surface area contributed by atoms with Gasteiger partial charge in [0.1, 0.15) is 5.82 Å². The molecule has 1 saturated heterocycles. The van der Waals surface area contributed by atoms with Crippen molar-refractivity contribution in [3.8, 4) is 0 Å². The van der Waals surface area contributed by atoms with E-state index in [-0.39, 0.29) is 6.04 Å². The number of carbonyl (C=O) groups is 1. The minimum atomic E-state index is -0.452. The third kappa shape index (κ3) is 2.07. The number of pyridine rings is 1. The molecule has 0 saturated carbocycles. The Morgan fingerprint density at radius 2 is 2.33 bits per heavy atom. The molecule has 2 rings (SSSR count). The molecule has 1 fully saturated rings. The summed E-state index contributed by atoms with van der Waals surface area (Å²) < 4.78 is 0. The van der Waals surface area contributed by atoms with Gasteiger partial charge in [0, 0.05) is 25.3 Å². The van der Waals surface area contributed by atoms with Gasteiger partial charge in [-0.05, 0) is 18.6 Å². The van der Waals surface area contributed by atoms with Crippen LogP contribution in [0.25, 0.3) is 0 Å². The molecule has 1 aromatic rings. The summed E-state index contributed by atoms with van der Waals surface area (Å²) in [6.45, 7) is 1.74. The maximum Gasteiger partial charge on any atom is 0.250 e. The van der Waals surface area contributed by atoms with Gasteiger partial charge in [-0.3, -0.25) is 4.79 Å². The largest absolute Gasteiger partial charge is 0.366 e. The maximum absolute atomic E-state index is 10.8. The molecule has 1 atom stereocenters. The highest BCUT2D eigenvalue weighted by Crippen LogP contribution is 2.16. The Bertz CT molecular complexity index is 362.